The zero-order chi connectivity index (χ0) is 14.0. The van der Waals surface area contributed by atoms with Crippen molar-refractivity contribution < 1.29 is 13.6 Å². The van der Waals surface area contributed by atoms with E-state index in [1.165, 1.54) is 29.2 Å². The molecule has 0 aliphatic rings. The third-order valence-electron chi connectivity index (χ3n) is 2.74. The molecule has 1 aromatic heterocycles. The topological polar surface area (TPSA) is 34.9 Å². The Kier molecular flexibility index (Phi) is 4.09. The molecule has 19 heavy (non-hydrogen) atoms. The van der Waals surface area contributed by atoms with Gasteiger partial charge in [-0.1, -0.05) is 6.92 Å². The Morgan fingerprint density at radius 3 is 2.84 bits per heavy atom. The molecule has 0 aliphatic heterocycles. The molecule has 0 amide bonds. The SMILES string of the molecule is CCC(=O)c1cnn(Cc2c(F)ccc(Br)c2F)c1. The number of carbonyl (C=O) groups is 1. The fourth-order valence-electron chi connectivity index (χ4n) is 1.67. The third kappa shape index (κ3) is 2.89. The van der Waals surface area contributed by atoms with Gasteiger partial charge >= 0.3 is 0 Å². The average molecular weight is 329 g/mol. The molecule has 0 bridgehead atoms. The first-order valence-corrected chi connectivity index (χ1v) is 6.50. The summed E-state index contributed by atoms with van der Waals surface area (Å²) in [5, 5.41) is 3.94. The van der Waals surface area contributed by atoms with Crippen molar-refractivity contribution in [3.63, 3.8) is 0 Å². The van der Waals surface area contributed by atoms with Gasteiger partial charge in [-0.15, -0.1) is 0 Å². The smallest absolute Gasteiger partial charge is 0.165 e. The highest BCUT2D eigenvalue weighted by atomic mass is 79.9. The molecule has 0 atom stereocenters. The number of ketones is 1. The highest BCUT2D eigenvalue weighted by molar-refractivity contribution is 9.10. The van der Waals surface area contributed by atoms with Gasteiger partial charge in [0, 0.05) is 18.2 Å². The van der Waals surface area contributed by atoms with Crippen LogP contribution in [0.3, 0.4) is 0 Å². The van der Waals surface area contributed by atoms with Crippen LogP contribution < -0.4 is 0 Å². The molecule has 0 radical (unpaired) electrons. The van der Waals surface area contributed by atoms with E-state index in [-0.39, 0.29) is 22.4 Å². The standard InChI is InChI=1S/C13H11BrF2N2O/c1-2-12(19)8-5-17-18(6-8)7-9-11(15)4-3-10(14)13(9)16/h3-6H,2,7H2,1H3. The molecule has 3 nitrogen and oxygen atoms in total. The van der Waals surface area contributed by atoms with Gasteiger partial charge in [0.15, 0.2) is 5.78 Å². The number of halogens is 3. The molecule has 2 rings (SSSR count). The highest BCUT2D eigenvalue weighted by Gasteiger charge is 2.14. The van der Waals surface area contributed by atoms with Crippen LogP contribution in [0.5, 0.6) is 0 Å². The van der Waals surface area contributed by atoms with Crippen LogP contribution in [0.2, 0.25) is 0 Å². The molecule has 1 heterocycles. The molecular formula is C13H11BrF2N2O. The molecule has 0 saturated carbocycles. The zero-order valence-corrected chi connectivity index (χ0v) is 11.7. The summed E-state index contributed by atoms with van der Waals surface area (Å²) in [5.41, 5.74) is 0.353. The van der Waals surface area contributed by atoms with E-state index in [1.54, 1.807) is 6.92 Å². The number of hydrogen-bond donors (Lipinski definition) is 0. The van der Waals surface area contributed by atoms with Gasteiger partial charge in [-0.2, -0.15) is 5.10 Å². The number of nitrogens with zero attached hydrogens (tertiary/aromatic N) is 2. The van der Waals surface area contributed by atoms with Crippen molar-refractivity contribution in [2.24, 2.45) is 0 Å². The predicted octanol–water partition coefficient (Wildman–Crippen LogP) is 3.56. The van der Waals surface area contributed by atoms with Gasteiger partial charge in [0.05, 0.1) is 22.8 Å². The number of Topliss-reactive ketones (excluding diaryl/α,β-unsaturated/α-hetero) is 1. The highest BCUT2D eigenvalue weighted by Crippen LogP contribution is 2.22. The van der Waals surface area contributed by atoms with Gasteiger partial charge in [0.2, 0.25) is 0 Å². The van der Waals surface area contributed by atoms with Crippen molar-refractivity contribution in [3.05, 3.63) is 51.8 Å². The van der Waals surface area contributed by atoms with Crippen molar-refractivity contribution in [1.29, 1.82) is 0 Å². The lowest BCUT2D eigenvalue weighted by molar-refractivity contribution is 0.0988. The maximum absolute atomic E-state index is 13.8. The quantitative estimate of drug-likeness (QED) is 0.635. The van der Waals surface area contributed by atoms with Gasteiger partial charge in [0.25, 0.3) is 0 Å². The lowest BCUT2D eigenvalue weighted by atomic mass is 10.2. The normalized spacial score (nSPS) is 10.7. The fraction of sp³-hybridized carbons (Fsp3) is 0.231. The van der Waals surface area contributed by atoms with Crippen molar-refractivity contribution in [1.82, 2.24) is 9.78 Å². The number of aromatic nitrogens is 2. The van der Waals surface area contributed by atoms with Crippen LogP contribution in [0.1, 0.15) is 29.3 Å². The van der Waals surface area contributed by atoms with Crippen LogP contribution in [-0.2, 0) is 6.54 Å². The van der Waals surface area contributed by atoms with E-state index in [9.17, 15) is 13.6 Å². The van der Waals surface area contributed by atoms with Gasteiger partial charge in [0.1, 0.15) is 11.6 Å². The van der Waals surface area contributed by atoms with Crippen LogP contribution >= 0.6 is 15.9 Å². The Morgan fingerprint density at radius 2 is 2.16 bits per heavy atom. The number of rotatable bonds is 4. The van der Waals surface area contributed by atoms with E-state index < -0.39 is 11.6 Å². The Morgan fingerprint density at radius 1 is 1.42 bits per heavy atom. The van der Waals surface area contributed by atoms with E-state index in [2.05, 4.69) is 21.0 Å². The van der Waals surface area contributed by atoms with Crippen molar-refractivity contribution in [2.75, 3.05) is 0 Å². The summed E-state index contributed by atoms with van der Waals surface area (Å²) in [4.78, 5) is 11.5. The molecule has 0 saturated heterocycles. The molecule has 1 aromatic carbocycles. The van der Waals surface area contributed by atoms with Gasteiger partial charge in [-0.25, -0.2) is 8.78 Å². The summed E-state index contributed by atoms with van der Waals surface area (Å²) < 4.78 is 28.9. The maximum atomic E-state index is 13.8. The Bertz CT molecular complexity index is 625. The van der Waals surface area contributed by atoms with Gasteiger partial charge in [-0.3, -0.25) is 9.48 Å². The number of benzene rings is 1. The molecule has 0 fully saturated rings. The second-order valence-corrected chi connectivity index (χ2v) is 4.88. The zero-order valence-electron chi connectivity index (χ0n) is 10.2. The van der Waals surface area contributed by atoms with Crippen LogP contribution in [-0.4, -0.2) is 15.6 Å². The van der Waals surface area contributed by atoms with Crippen molar-refractivity contribution >= 4 is 21.7 Å². The summed E-state index contributed by atoms with van der Waals surface area (Å²) in [6.45, 7) is 1.68. The summed E-state index contributed by atoms with van der Waals surface area (Å²) in [6.07, 6.45) is 3.26. The molecule has 0 unspecified atom stereocenters. The van der Waals surface area contributed by atoms with Crippen molar-refractivity contribution in [3.8, 4) is 0 Å². The Hall–Kier alpha value is -1.56. The van der Waals surface area contributed by atoms with Crippen LogP contribution in [0.4, 0.5) is 8.78 Å². The van der Waals surface area contributed by atoms with E-state index >= 15 is 0 Å². The van der Waals surface area contributed by atoms with Gasteiger partial charge < -0.3 is 0 Å². The summed E-state index contributed by atoms with van der Waals surface area (Å²) in [5.74, 6) is -1.35. The molecule has 0 spiro atoms. The van der Waals surface area contributed by atoms with Gasteiger partial charge in [-0.05, 0) is 28.1 Å². The average Bonchev–Trinajstić information content (AvgIpc) is 2.87. The molecule has 2 aromatic rings. The largest absolute Gasteiger partial charge is 0.294 e. The second kappa shape index (κ2) is 5.61. The van der Waals surface area contributed by atoms with E-state index in [0.29, 0.717) is 12.0 Å². The first-order chi connectivity index (χ1) is 9.02. The summed E-state index contributed by atoms with van der Waals surface area (Å²) in [7, 11) is 0. The molecular weight excluding hydrogens is 318 g/mol. The first kappa shape index (κ1) is 13.9. The van der Waals surface area contributed by atoms with Crippen LogP contribution in [0, 0.1) is 11.6 Å². The monoisotopic (exact) mass is 328 g/mol. The van der Waals surface area contributed by atoms with E-state index in [0.717, 1.165) is 0 Å². The Balaban J connectivity index is 2.29. The molecule has 6 heteroatoms. The third-order valence-corrected chi connectivity index (χ3v) is 3.35. The number of carbonyl (C=O) groups excluding carboxylic acids is 1. The molecule has 100 valence electrons. The minimum Gasteiger partial charge on any atom is -0.294 e. The summed E-state index contributed by atoms with van der Waals surface area (Å²) in [6, 6.07) is 2.49. The molecule has 0 aliphatic carbocycles. The van der Waals surface area contributed by atoms with Crippen LogP contribution in [0.25, 0.3) is 0 Å². The number of hydrogen-bond acceptors (Lipinski definition) is 2. The lowest BCUT2D eigenvalue weighted by Gasteiger charge is -2.06. The van der Waals surface area contributed by atoms with E-state index in [4.69, 9.17) is 0 Å². The fourth-order valence-corrected chi connectivity index (χ4v) is 2.05. The van der Waals surface area contributed by atoms with E-state index in [1.807, 2.05) is 0 Å². The first-order valence-electron chi connectivity index (χ1n) is 5.71. The van der Waals surface area contributed by atoms with Crippen molar-refractivity contribution in [2.45, 2.75) is 19.9 Å². The second-order valence-electron chi connectivity index (χ2n) is 4.03. The minimum absolute atomic E-state index is 0.0542. The predicted molar refractivity (Wildman–Crippen MR) is 70.0 cm³/mol. The van der Waals surface area contributed by atoms with Crippen LogP contribution in [0.15, 0.2) is 29.0 Å². The minimum atomic E-state index is -0.654. The lowest BCUT2D eigenvalue weighted by Crippen LogP contribution is -2.06. The Labute approximate surface area is 117 Å². The summed E-state index contributed by atoms with van der Waals surface area (Å²) >= 11 is 3.01. The maximum Gasteiger partial charge on any atom is 0.165 e. The molecule has 0 N–H and O–H groups in total.